The van der Waals surface area contributed by atoms with Crippen LogP contribution in [0.25, 0.3) is 0 Å². The number of ether oxygens (including phenoxy) is 3. The lowest BCUT2D eigenvalue weighted by Gasteiger charge is -1.97. The lowest BCUT2D eigenvalue weighted by atomic mass is 10.4. The van der Waals surface area contributed by atoms with Crippen LogP contribution in [0.1, 0.15) is 42.9 Å². The lowest BCUT2D eigenvalue weighted by Crippen LogP contribution is -2.03. The van der Waals surface area contributed by atoms with Gasteiger partial charge in [-0.15, -0.1) is 22.7 Å². The third kappa shape index (κ3) is 6.79. The van der Waals surface area contributed by atoms with Gasteiger partial charge in [-0.25, -0.2) is 14.8 Å². The molecule has 0 fully saturated rings. The number of carbonyl (C=O) groups is 1. The van der Waals surface area contributed by atoms with Gasteiger partial charge in [0.2, 0.25) is 0 Å². The Morgan fingerprint density at radius 1 is 1.04 bits per heavy atom. The largest absolute Gasteiger partial charge is 0.462 e. The Balaban J connectivity index is 0.000000257. The summed E-state index contributed by atoms with van der Waals surface area (Å²) in [6.45, 7) is 6.90. The average molecular weight is 389 g/mol. The maximum atomic E-state index is 11.4. The number of methoxy groups -OCH3 is 2. The van der Waals surface area contributed by atoms with Crippen molar-refractivity contribution in [3.05, 3.63) is 31.2 Å². The van der Waals surface area contributed by atoms with Crippen LogP contribution in [0.15, 0.2) is 0 Å². The van der Waals surface area contributed by atoms with Gasteiger partial charge in [0.05, 0.1) is 42.7 Å². The molecule has 2 aromatic rings. The standard InChI is InChI=1S/C9H13NO3S.C7H11NO2S/c1-4-13-9(11)8-6(2)10-7(14-8)5-12-3;1-5-6(3-9)11-7(8-5)4-10-2/h4-5H2,1-3H3;9H,3-4H2,1-2H3. The van der Waals surface area contributed by atoms with Gasteiger partial charge in [-0.2, -0.15) is 0 Å². The van der Waals surface area contributed by atoms with E-state index in [-0.39, 0.29) is 12.6 Å². The summed E-state index contributed by atoms with van der Waals surface area (Å²) in [6, 6.07) is 0. The predicted octanol–water partition coefficient (Wildman–Crippen LogP) is 2.86. The topological polar surface area (TPSA) is 90.8 Å². The van der Waals surface area contributed by atoms with Gasteiger partial charge in [-0.3, -0.25) is 0 Å². The predicted molar refractivity (Wildman–Crippen MR) is 97.0 cm³/mol. The molecule has 0 bridgehead atoms. The molecule has 25 heavy (non-hydrogen) atoms. The normalized spacial score (nSPS) is 10.3. The van der Waals surface area contributed by atoms with Crippen LogP contribution in [-0.2, 0) is 34.0 Å². The second-order valence-corrected chi connectivity index (χ2v) is 7.13. The second-order valence-electron chi connectivity index (χ2n) is 4.88. The van der Waals surface area contributed by atoms with Crippen molar-refractivity contribution in [2.24, 2.45) is 0 Å². The van der Waals surface area contributed by atoms with Crippen molar-refractivity contribution in [3.8, 4) is 0 Å². The van der Waals surface area contributed by atoms with Gasteiger partial charge in [0.15, 0.2) is 0 Å². The van der Waals surface area contributed by atoms with E-state index >= 15 is 0 Å². The summed E-state index contributed by atoms with van der Waals surface area (Å²) in [5.74, 6) is -0.301. The van der Waals surface area contributed by atoms with Crippen LogP contribution in [0.2, 0.25) is 0 Å². The number of thiazole rings is 2. The highest BCUT2D eigenvalue weighted by molar-refractivity contribution is 7.13. The maximum Gasteiger partial charge on any atom is 0.350 e. The van der Waals surface area contributed by atoms with E-state index in [1.807, 2.05) is 6.92 Å². The number of aliphatic hydroxyl groups excluding tert-OH is 1. The number of carbonyl (C=O) groups excluding carboxylic acids is 1. The molecule has 2 aromatic heterocycles. The molecule has 0 aliphatic rings. The molecular weight excluding hydrogens is 364 g/mol. The van der Waals surface area contributed by atoms with E-state index in [0.29, 0.717) is 30.4 Å². The van der Waals surface area contributed by atoms with Crippen LogP contribution in [0.5, 0.6) is 0 Å². The zero-order valence-electron chi connectivity index (χ0n) is 15.1. The molecule has 0 aliphatic carbocycles. The Labute approximate surface area is 155 Å². The first kappa shape index (κ1) is 21.7. The van der Waals surface area contributed by atoms with E-state index in [1.165, 1.54) is 22.7 Å². The molecule has 2 heterocycles. The molecule has 9 heteroatoms. The summed E-state index contributed by atoms with van der Waals surface area (Å²) in [4.78, 5) is 21.3. The third-order valence-corrected chi connectivity index (χ3v) is 5.14. The monoisotopic (exact) mass is 388 g/mol. The molecule has 0 atom stereocenters. The van der Waals surface area contributed by atoms with Gasteiger partial charge in [0.25, 0.3) is 0 Å². The first-order valence-corrected chi connectivity index (χ1v) is 9.27. The minimum atomic E-state index is -0.301. The smallest absolute Gasteiger partial charge is 0.350 e. The molecule has 0 saturated carbocycles. The number of nitrogens with zero attached hydrogens (tertiary/aromatic N) is 2. The molecule has 0 amide bonds. The number of hydrogen-bond donors (Lipinski definition) is 1. The van der Waals surface area contributed by atoms with Crippen LogP contribution < -0.4 is 0 Å². The molecule has 2 rings (SSSR count). The number of aryl methyl sites for hydroxylation is 2. The summed E-state index contributed by atoms with van der Waals surface area (Å²) in [5, 5.41) is 10.6. The van der Waals surface area contributed by atoms with Gasteiger partial charge < -0.3 is 19.3 Å². The van der Waals surface area contributed by atoms with Gasteiger partial charge in [-0.1, -0.05) is 0 Å². The summed E-state index contributed by atoms with van der Waals surface area (Å²) < 4.78 is 14.7. The van der Waals surface area contributed by atoms with Crippen LogP contribution in [-0.4, -0.2) is 41.9 Å². The highest BCUT2D eigenvalue weighted by Crippen LogP contribution is 2.19. The zero-order chi connectivity index (χ0) is 18.8. The first-order chi connectivity index (χ1) is 12.0. The molecule has 0 unspecified atom stereocenters. The Bertz CT molecular complexity index is 670. The van der Waals surface area contributed by atoms with Gasteiger partial charge in [0.1, 0.15) is 14.9 Å². The Hall–Kier alpha value is -1.39. The van der Waals surface area contributed by atoms with E-state index in [2.05, 4.69) is 9.97 Å². The Morgan fingerprint density at radius 2 is 1.60 bits per heavy atom. The minimum absolute atomic E-state index is 0.0766. The minimum Gasteiger partial charge on any atom is -0.462 e. The molecule has 0 spiro atoms. The lowest BCUT2D eigenvalue weighted by molar-refractivity contribution is 0.0531. The summed E-state index contributed by atoms with van der Waals surface area (Å²) >= 11 is 2.82. The first-order valence-electron chi connectivity index (χ1n) is 7.64. The fourth-order valence-corrected chi connectivity index (χ4v) is 3.68. The fourth-order valence-electron chi connectivity index (χ4n) is 1.84. The van der Waals surface area contributed by atoms with Crippen molar-refractivity contribution in [2.75, 3.05) is 20.8 Å². The quantitative estimate of drug-likeness (QED) is 0.729. The van der Waals surface area contributed by atoms with E-state index in [4.69, 9.17) is 19.3 Å². The Morgan fingerprint density at radius 3 is 2.08 bits per heavy atom. The summed E-state index contributed by atoms with van der Waals surface area (Å²) in [7, 11) is 3.23. The molecule has 7 nitrogen and oxygen atoms in total. The summed E-state index contributed by atoms with van der Waals surface area (Å²) in [5.41, 5.74) is 1.62. The number of hydrogen-bond acceptors (Lipinski definition) is 9. The second kappa shape index (κ2) is 11.3. The van der Waals surface area contributed by atoms with Gasteiger partial charge >= 0.3 is 5.97 Å². The molecular formula is C16H24N2O5S2. The van der Waals surface area contributed by atoms with E-state index in [0.717, 1.165) is 20.6 Å². The number of aromatic nitrogens is 2. The zero-order valence-corrected chi connectivity index (χ0v) is 16.8. The van der Waals surface area contributed by atoms with Crippen molar-refractivity contribution in [2.45, 2.75) is 40.6 Å². The van der Waals surface area contributed by atoms with Crippen molar-refractivity contribution in [3.63, 3.8) is 0 Å². The van der Waals surface area contributed by atoms with Gasteiger partial charge in [-0.05, 0) is 20.8 Å². The molecule has 0 radical (unpaired) electrons. The highest BCUT2D eigenvalue weighted by atomic mass is 32.1. The number of aliphatic hydroxyl groups is 1. The van der Waals surface area contributed by atoms with Crippen LogP contribution in [0.3, 0.4) is 0 Å². The summed E-state index contributed by atoms with van der Waals surface area (Å²) in [6.07, 6.45) is 0. The number of esters is 1. The Kier molecular flexibility index (Phi) is 9.76. The van der Waals surface area contributed by atoms with Crippen molar-refractivity contribution in [1.29, 1.82) is 0 Å². The SMILES string of the molecule is CCOC(=O)c1sc(COC)nc1C.COCc1nc(C)c(CO)s1. The fraction of sp³-hybridized carbons (Fsp3) is 0.562. The van der Waals surface area contributed by atoms with Crippen LogP contribution in [0.4, 0.5) is 0 Å². The van der Waals surface area contributed by atoms with E-state index < -0.39 is 0 Å². The van der Waals surface area contributed by atoms with Crippen LogP contribution in [0, 0.1) is 13.8 Å². The highest BCUT2D eigenvalue weighted by Gasteiger charge is 2.15. The molecule has 0 aliphatic heterocycles. The average Bonchev–Trinajstić information content (AvgIpc) is 3.11. The third-order valence-electron chi connectivity index (χ3n) is 2.92. The van der Waals surface area contributed by atoms with E-state index in [9.17, 15) is 4.79 Å². The maximum absolute atomic E-state index is 11.4. The molecule has 0 saturated heterocycles. The van der Waals surface area contributed by atoms with E-state index in [1.54, 1.807) is 28.1 Å². The molecule has 0 aromatic carbocycles. The van der Waals surface area contributed by atoms with Crippen molar-refractivity contribution < 1.29 is 24.1 Å². The van der Waals surface area contributed by atoms with Crippen molar-refractivity contribution in [1.82, 2.24) is 9.97 Å². The molecule has 140 valence electrons. The molecule has 1 N–H and O–H groups in total. The van der Waals surface area contributed by atoms with Crippen molar-refractivity contribution >= 4 is 28.6 Å². The van der Waals surface area contributed by atoms with Crippen LogP contribution >= 0.6 is 22.7 Å². The van der Waals surface area contributed by atoms with Gasteiger partial charge in [0, 0.05) is 14.2 Å². The number of rotatable bonds is 7.